The number of furan rings is 1. The van der Waals surface area contributed by atoms with Gasteiger partial charge in [-0.05, 0) is 66.9 Å². The van der Waals surface area contributed by atoms with E-state index < -0.39 is 0 Å². The second-order valence-electron chi connectivity index (χ2n) is 7.60. The molecule has 4 aromatic rings. The lowest BCUT2D eigenvalue weighted by molar-refractivity contribution is -0.121. The largest absolute Gasteiger partial charge is 0.497 e. The molecule has 2 aromatic heterocycles. The van der Waals surface area contributed by atoms with Crippen molar-refractivity contribution in [2.75, 3.05) is 19.4 Å². The number of aromatic nitrogens is 3. The maximum atomic E-state index is 12.3. The number of hydrogen-bond donors (Lipinski definition) is 1. The van der Waals surface area contributed by atoms with Crippen LogP contribution in [0.25, 0.3) is 17.3 Å². The number of halogens is 2. The van der Waals surface area contributed by atoms with Crippen LogP contribution >= 0.6 is 35.0 Å². The molecule has 0 aliphatic heterocycles. The van der Waals surface area contributed by atoms with E-state index in [2.05, 4.69) is 15.5 Å². The van der Waals surface area contributed by atoms with Crippen LogP contribution in [0.5, 0.6) is 5.75 Å². The molecule has 182 valence electrons. The number of carbonyl (C=O) groups excluding carboxylic acids is 1. The Morgan fingerprint density at radius 1 is 1.14 bits per heavy atom. The average molecular weight is 531 g/mol. The summed E-state index contributed by atoms with van der Waals surface area (Å²) in [7, 11) is 1.63. The van der Waals surface area contributed by atoms with Gasteiger partial charge in [0.25, 0.3) is 0 Å². The van der Waals surface area contributed by atoms with Gasteiger partial charge in [-0.15, -0.1) is 10.2 Å². The van der Waals surface area contributed by atoms with Crippen molar-refractivity contribution in [3.63, 3.8) is 0 Å². The summed E-state index contributed by atoms with van der Waals surface area (Å²) < 4.78 is 12.8. The number of ether oxygens (including phenoxy) is 1. The van der Waals surface area contributed by atoms with Crippen LogP contribution in [0.4, 0.5) is 0 Å². The Morgan fingerprint density at radius 2 is 1.97 bits per heavy atom. The highest BCUT2D eigenvalue weighted by Gasteiger charge is 2.18. The summed E-state index contributed by atoms with van der Waals surface area (Å²) >= 11 is 13.7. The topological polar surface area (TPSA) is 82.2 Å². The first-order valence-corrected chi connectivity index (χ1v) is 12.8. The second-order valence-corrected chi connectivity index (χ2v) is 9.51. The summed E-state index contributed by atoms with van der Waals surface area (Å²) in [4.78, 5) is 12.3. The van der Waals surface area contributed by atoms with Gasteiger partial charge in [0.15, 0.2) is 10.9 Å². The third-order valence-corrected chi connectivity index (χ3v) is 6.82. The highest BCUT2D eigenvalue weighted by molar-refractivity contribution is 7.99. The van der Waals surface area contributed by atoms with Gasteiger partial charge < -0.3 is 14.5 Å². The van der Waals surface area contributed by atoms with Crippen LogP contribution in [-0.2, 0) is 11.2 Å². The number of amides is 1. The van der Waals surface area contributed by atoms with Crippen LogP contribution in [0.1, 0.15) is 18.4 Å². The predicted molar refractivity (Wildman–Crippen MR) is 139 cm³/mol. The molecule has 2 aromatic carbocycles. The molecule has 0 radical (unpaired) electrons. The Hall–Kier alpha value is -2.94. The zero-order valence-corrected chi connectivity index (χ0v) is 21.4. The van der Waals surface area contributed by atoms with E-state index in [0.29, 0.717) is 53.2 Å². The van der Waals surface area contributed by atoms with Gasteiger partial charge in [0.1, 0.15) is 5.75 Å². The normalized spacial score (nSPS) is 10.9. The van der Waals surface area contributed by atoms with Gasteiger partial charge in [-0.25, -0.2) is 0 Å². The lowest BCUT2D eigenvalue weighted by Gasteiger charge is -2.10. The lowest BCUT2D eigenvalue weighted by atomic mass is 10.1. The van der Waals surface area contributed by atoms with Crippen LogP contribution in [0.2, 0.25) is 10.0 Å². The lowest BCUT2D eigenvalue weighted by Crippen LogP contribution is -2.25. The standard InChI is InChI=1S/C25H24Cl2N4O3S/c1-33-20-10-8-19(9-11-20)31-24(22-4-2-14-34-22)29-30-25(31)35-15-3-5-23(32)28-13-12-17-6-7-18(26)16-21(17)27/h2,4,6-11,14,16H,3,5,12-13,15H2,1H3,(H,28,32). The average Bonchev–Trinajstić information content (AvgIpc) is 3.53. The van der Waals surface area contributed by atoms with Crippen molar-refractivity contribution < 1.29 is 13.9 Å². The molecule has 0 unspecified atom stereocenters. The fourth-order valence-electron chi connectivity index (χ4n) is 3.44. The second kappa shape index (κ2) is 12.2. The minimum atomic E-state index is 0.00332. The highest BCUT2D eigenvalue weighted by Crippen LogP contribution is 2.29. The molecule has 4 rings (SSSR count). The van der Waals surface area contributed by atoms with Gasteiger partial charge in [-0.3, -0.25) is 9.36 Å². The third-order valence-electron chi connectivity index (χ3n) is 5.22. The van der Waals surface area contributed by atoms with Crippen LogP contribution < -0.4 is 10.1 Å². The van der Waals surface area contributed by atoms with Gasteiger partial charge in [0.05, 0.1) is 19.1 Å². The predicted octanol–water partition coefficient (Wildman–Crippen LogP) is 6.07. The third kappa shape index (κ3) is 6.60. The van der Waals surface area contributed by atoms with Crippen LogP contribution in [0.3, 0.4) is 0 Å². The first-order chi connectivity index (χ1) is 17.0. The number of nitrogens with zero attached hydrogens (tertiary/aromatic N) is 3. The van der Waals surface area contributed by atoms with E-state index in [9.17, 15) is 4.79 Å². The molecule has 0 aliphatic rings. The van der Waals surface area contributed by atoms with E-state index in [-0.39, 0.29) is 5.91 Å². The Bertz CT molecular complexity index is 1260. The molecule has 1 N–H and O–H groups in total. The van der Waals surface area contributed by atoms with Crippen molar-refractivity contribution in [3.8, 4) is 23.0 Å². The summed E-state index contributed by atoms with van der Waals surface area (Å²) in [5.74, 6) is 2.72. The fraction of sp³-hybridized carbons (Fsp3) is 0.240. The molecule has 2 heterocycles. The fourth-order valence-corrected chi connectivity index (χ4v) is 4.83. The first-order valence-electron chi connectivity index (χ1n) is 11.0. The van der Waals surface area contributed by atoms with Crippen LogP contribution in [0.15, 0.2) is 70.4 Å². The molecule has 10 heteroatoms. The molecule has 0 aliphatic carbocycles. The number of thioether (sulfide) groups is 1. The van der Waals surface area contributed by atoms with E-state index >= 15 is 0 Å². The summed E-state index contributed by atoms with van der Waals surface area (Å²) in [6.45, 7) is 0.519. The first kappa shape index (κ1) is 25.2. The van der Waals surface area contributed by atoms with E-state index in [0.717, 1.165) is 22.2 Å². The number of nitrogens with one attached hydrogen (secondary N) is 1. The smallest absolute Gasteiger partial charge is 0.220 e. The summed E-state index contributed by atoms with van der Waals surface area (Å²) in [5.41, 5.74) is 1.85. The Labute approximate surface area is 217 Å². The van der Waals surface area contributed by atoms with Crippen molar-refractivity contribution in [2.24, 2.45) is 0 Å². The highest BCUT2D eigenvalue weighted by atomic mass is 35.5. The van der Waals surface area contributed by atoms with Gasteiger partial charge in [0, 0.05) is 28.8 Å². The van der Waals surface area contributed by atoms with Crippen molar-refractivity contribution in [3.05, 3.63) is 76.5 Å². The van der Waals surface area contributed by atoms with Crippen LogP contribution in [0, 0.1) is 0 Å². The molecule has 0 saturated heterocycles. The number of carbonyl (C=O) groups is 1. The molecule has 35 heavy (non-hydrogen) atoms. The Kier molecular flexibility index (Phi) is 8.74. The van der Waals surface area contributed by atoms with Crippen molar-refractivity contribution in [2.45, 2.75) is 24.4 Å². The summed E-state index contributed by atoms with van der Waals surface area (Å²) in [5, 5.41) is 13.6. The molecule has 0 saturated carbocycles. The molecule has 7 nitrogen and oxygen atoms in total. The molecule has 0 fully saturated rings. The Morgan fingerprint density at radius 3 is 2.69 bits per heavy atom. The molecule has 0 spiro atoms. The number of benzene rings is 2. The quantitative estimate of drug-likeness (QED) is 0.187. The number of methoxy groups -OCH3 is 1. The Balaban J connectivity index is 1.31. The summed E-state index contributed by atoms with van der Waals surface area (Å²) in [6, 6.07) is 16.7. The number of hydrogen-bond acceptors (Lipinski definition) is 6. The number of rotatable bonds is 11. The molecule has 1 amide bonds. The van der Waals surface area contributed by atoms with Crippen LogP contribution in [-0.4, -0.2) is 40.1 Å². The zero-order valence-electron chi connectivity index (χ0n) is 19.0. The van der Waals surface area contributed by atoms with E-state index in [1.54, 1.807) is 37.3 Å². The minimum Gasteiger partial charge on any atom is -0.497 e. The van der Waals surface area contributed by atoms with Crippen molar-refractivity contribution in [1.82, 2.24) is 20.1 Å². The minimum absolute atomic E-state index is 0.00332. The van der Waals surface area contributed by atoms with Crippen molar-refractivity contribution >= 4 is 40.9 Å². The maximum absolute atomic E-state index is 12.3. The monoisotopic (exact) mass is 530 g/mol. The van der Waals surface area contributed by atoms with Gasteiger partial charge in [-0.2, -0.15) is 0 Å². The van der Waals surface area contributed by atoms with E-state index in [1.807, 2.05) is 47.0 Å². The molecule has 0 bridgehead atoms. The van der Waals surface area contributed by atoms with Crippen molar-refractivity contribution in [1.29, 1.82) is 0 Å². The van der Waals surface area contributed by atoms with Gasteiger partial charge in [-0.1, -0.05) is 41.0 Å². The molecule has 0 atom stereocenters. The zero-order chi connectivity index (χ0) is 24.6. The maximum Gasteiger partial charge on any atom is 0.220 e. The molecular weight excluding hydrogens is 507 g/mol. The summed E-state index contributed by atoms with van der Waals surface area (Å²) in [6.07, 6.45) is 3.37. The van der Waals surface area contributed by atoms with Gasteiger partial charge >= 0.3 is 0 Å². The SMILES string of the molecule is COc1ccc(-n2c(SCCCC(=O)NCCc3ccc(Cl)cc3Cl)nnc2-c2ccco2)cc1. The van der Waals surface area contributed by atoms with E-state index in [4.69, 9.17) is 32.4 Å². The van der Waals surface area contributed by atoms with E-state index in [1.165, 1.54) is 0 Å². The van der Waals surface area contributed by atoms with Gasteiger partial charge in [0.2, 0.25) is 11.7 Å². The molecular formula is C25H24Cl2N4O3S.